The van der Waals surface area contributed by atoms with Gasteiger partial charge < -0.3 is 89.6 Å². The number of aromatic amines is 1. The van der Waals surface area contributed by atoms with Gasteiger partial charge in [-0.15, -0.1) is 0 Å². The van der Waals surface area contributed by atoms with Crippen molar-refractivity contribution in [3.63, 3.8) is 0 Å². The average Bonchev–Trinajstić information content (AvgIpc) is 4.14. The van der Waals surface area contributed by atoms with Crippen molar-refractivity contribution in [1.29, 1.82) is 0 Å². The lowest BCUT2D eigenvalue weighted by atomic mass is 9.98. The molecule has 29 nitrogen and oxygen atoms in total. The summed E-state index contributed by atoms with van der Waals surface area (Å²) >= 11 is 0. The summed E-state index contributed by atoms with van der Waals surface area (Å²) < 4.78 is 0. The van der Waals surface area contributed by atoms with Crippen molar-refractivity contribution in [3.05, 3.63) is 77.9 Å². The number of carbonyl (C=O) groups excluding carboxylic acids is 8. The number of phenolic OH excluding ortho intramolecular Hbond substituents is 2. The van der Waals surface area contributed by atoms with Crippen LogP contribution in [0.3, 0.4) is 0 Å². The first kappa shape index (κ1) is 70.6. The topological polar surface area (TPSA) is 486 Å². The highest BCUT2D eigenvalue weighted by Gasteiger charge is 2.37. The number of benzene rings is 2. The largest absolute Gasteiger partial charge is 0.508 e. The van der Waals surface area contributed by atoms with E-state index in [0.29, 0.717) is 36.9 Å². The number of nitrogens with two attached hydrogens (primary N) is 2. The van der Waals surface area contributed by atoms with Gasteiger partial charge >= 0.3 is 17.9 Å². The lowest BCUT2D eigenvalue weighted by molar-refractivity contribution is -0.144. The van der Waals surface area contributed by atoms with Gasteiger partial charge in [-0.1, -0.05) is 64.8 Å². The number of aromatic nitrogens is 2. The maximum absolute atomic E-state index is 14.5. The van der Waals surface area contributed by atoms with Crippen LogP contribution in [0, 0.1) is 11.8 Å². The number of carboxylic acid groups (broad SMARTS) is 3. The number of aliphatic hydroxyl groups is 1. The van der Waals surface area contributed by atoms with E-state index in [9.17, 15) is 83.4 Å². The van der Waals surface area contributed by atoms with Gasteiger partial charge in [0.05, 0.1) is 18.5 Å². The zero-order valence-corrected chi connectivity index (χ0v) is 48.2. The summed E-state index contributed by atoms with van der Waals surface area (Å²) in [6, 6.07) is -2.57. The summed E-state index contributed by atoms with van der Waals surface area (Å²) in [7, 11) is 0. The first-order valence-corrected chi connectivity index (χ1v) is 27.9. The molecule has 19 N–H and O–H groups in total. The number of imidazole rings is 1. The molecule has 29 heteroatoms. The zero-order chi connectivity index (χ0) is 63.5. The predicted molar refractivity (Wildman–Crippen MR) is 304 cm³/mol. The molecule has 0 unspecified atom stereocenters. The number of nitrogens with zero attached hydrogens (tertiary/aromatic N) is 1. The van der Waals surface area contributed by atoms with Crippen molar-refractivity contribution < 1.29 is 83.4 Å². The Labute approximate surface area is 491 Å². The summed E-state index contributed by atoms with van der Waals surface area (Å²) in [4.78, 5) is 155. The number of rotatable bonds is 38. The lowest BCUT2D eigenvalue weighted by Crippen LogP contribution is -2.62. The Morgan fingerprint density at radius 1 is 0.529 bits per heavy atom. The van der Waals surface area contributed by atoms with Crippen molar-refractivity contribution in [2.75, 3.05) is 6.54 Å². The van der Waals surface area contributed by atoms with Crippen molar-refractivity contribution in [2.24, 2.45) is 23.3 Å². The molecule has 11 atom stereocenters. The molecule has 1 aromatic heterocycles. The molecule has 0 aliphatic heterocycles. The van der Waals surface area contributed by atoms with E-state index in [2.05, 4.69) is 52.5 Å². The Kier molecular flexibility index (Phi) is 29.4. The van der Waals surface area contributed by atoms with E-state index < -0.39 is 157 Å². The maximum atomic E-state index is 14.5. The number of aliphatic carboxylic acids is 3. The Balaban J connectivity index is 1.99. The summed E-state index contributed by atoms with van der Waals surface area (Å²) in [5, 5.41) is 79.4. The highest BCUT2D eigenvalue weighted by atomic mass is 16.4. The predicted octanol–water partition coefficient (Wildman–Crippen LogP) is -1.53. The maximum Gasteiger partial charge on any atom is 0.326 e. The van der Waals surface area contributed by atoms with Gasteiger partial charge in [-0.25, -0.2) is 9.78 Å². The van der Waals surface area contributed by atoms with E-state index in [-0.39, 0.29) is 55.2 Å². The molecule has 3 aromatic rings. The summed E-state index contributed by atoms with van der Waals surface area (Å²) in [6.07, 6.45) is -0.922. The van der Waals surface area contributed by atoms with Crippen LogP contribution in [0.1, 0.15) is 109 Å². The van der Waals surface area contributed by atoms with Crippen LogP contribution < -0.4 is 54.0 Å². The molecule has 468 valence electrons. The quantitative estimate of drug-likeness (QED) is 0.0289. The van der Waals surface area contributed by atoms with Gasteiger partial charge in [0.1, 0.15) is 59.8 Å². The van der Waals surface area contributed by atoms with Crippen molar-refractivity contribution >= 4 is 65.2 Å². The molecule has 0 spiro atoms. The summed E-state index contributed by atoms with van der Waals surface area (Å²) in [6.45, 7) is 8.10. The number of unbranched alkanes of at least 4 members (excludes halogenated alkanes) is 1. The van der Waals surface area contributed by atoms with Crippen LogP contribution in [0.25, 0.3) is 0 Å². The highest BCUT2D eigenvalue weighted by molar-refractivity contribution is 5.98. The van der Waals surface area contributed by atoms with Crippen LogP contribution in [0.4, 0.5) is 0 Å². The fourth-order valence-electron chi connectivity index (χ4n) is 8.62. The zero-order valence-electron chi connectivity index (χ0n) is 48.2. The standard InChI is InChI=1S/C56H82N12O17/c1-6-30(4)46(56(84)85)67-55(83)47(31(5)69)68-50(78)39(19-21-45(74)75)62-54(82)43(26-34-27-59-28-60-34)66-51(79)40(23-29(2)3)64-49(77)38(18-20-44(72)73)61-52(80)42(25-33-12-16-36(71)17-13-33)65-53(81)41(24-32-10-14-35(70)15-11-32)63-48(76)37(58)9-7-8-22-57/h10-17,27-31,37-43,46-47,69-71H,6-9,18-26,57-58H2,1-5H3,(H,59,60)(H,61,80)(H,62,82)(H,63,76)(H,64,77)(H,65,81)(H,66,79)(H,67,83)(H,68,78)(H,72,73)(H,74,75)(H,84,85)/t30-,31+,37-,38-,39-,40-,41-,42-,43-,46-,47-/m0/s1. The van der Waals surface area contributed by atoms with Gasteiger partial charge in [0.2, 0.25) is 47.3 Å². The summed E-state index contributed by atoms with van der Waals surface area (Å²) in [5.41, 5.74) is 12.9. The summed E-state index contributed by atoms with van der Waals surface area (Å²) in [5.74, 6) is -13.4. The average molecular weight is 1200 g/mol. The van der Waals surface area contributed by atoms with Crippen LogP contribution in [-0.4, -0.2) is 173 Å². The monoisotopic (exact) mass is 1190 g/mol. The number of aliphatic hydroxyl groups excluding tert-OH is 1. The van der Waals surface area contributed by atoms with E-state index in [1.54, 1.807) is 27.7 Å². The van der Waals surface area contributed by atoms with Gasteiger partial charge in [-0.2, -0.15) is 0 Å². The van der Waals surface area contributed by atoms with Crippen LogP contribution in [0.5, 0.6) is 11.5 Å². The fourth-order valence-corrected chi connectivity index (χ4v) is 8.62. The van der Waals surface area contributed by atoms with Gasteiger partial charge in [0.25, 0.3) is 0 Å². The van der Waals surface area contributed by atoms with Crippen molar-refractivity contribution in [2.45, 2.75) is 172 Å². The van der Waals surface area contributed by atoms with E-state index in [1.807, 2.05) is 0 Å². The molecule has 0 radical (unpaired) electrons. The second-order valence-electron chi connectivity index (χ2n) is 21.2. The molecular formula is C56H82N12O17. The molecule has 0 saturated carbocycles. The van der Waals surface area contributed by atoms with Gasteiger partial charge in [0.15, 0.2) is 0 Å². The number of carbonyl (C=O) groups is 11. The highest BCUT2D eigenvalue weighted by Crippen LogP contribution is 2.17. The number of H-pyrrole nitrogens is 1. The minimum absolute atomic E-state index is 0.0766. The molecule has 85 heavy (non-hydrogen) atoms. The first-order valence-electron chi connectivity index (χ1n) is 27.9. The molecule has 0 aliphatic carbocycles. The SMILES string of the molecule is CC[C@H](C)[C@H](NC(=O)[C@@H](NC(=O)[C@H](CCC(=O)O)NC(=O)[C@H](Cc1cnc[nH]1)NC(=O)[C@H](CC(C)C)NC(=O)[C@H](CCC(=O)O)NC(=O)[C@H](Cc1ccc(O)cc1)NC(=O)[C@H](Cc1ccc(O)cc1)NC(=O)[C@@H](N)CCCCN)[C@@H](C)O)C(=O)O. The van der Waals surface area contributed by atoms with Crippen molar-refractivity contribution in [3.8, 4) is 11.5 Å². The van der Waals surface area contributed by atoms with E-state index >= 15 is 0 Å². The number of aromatic hydroxyl groups is 2. The molecule has 0 bridgehead atoms. The Morgan fingerprint density at radius 2 is 0.941 bits per heavy atom. The van der Waals surface area contributed by atoms with Gasteiger partial charge in [-0.3, -0.25) is 47.9 Å². The van der Waals surface area contributed by atoms with E-state index in [4.69, 9.17) is 11.5 Å². The molecule has 0 saturated heterocycles. The number of hydrogen-bond donors (Lipinski definition) is 17. The minimum Gasteiger partial charge on any atom is -0.508 e. The van der Waals surface area contributed by atoms with Crippen LogP contribution in [-0.2, 0) is 72.0 Å². The molecule has 2 aromatic carbocycles. The van der Waals surface area contributed by atoms with Gasteiger partial charge in [-0.05, 0) is 92.8 Å². The molecule has 1 heterocycles. The molecular weight excluding hydrogens is 1110 g/mol. The molecule has 0 fully saturated rings. The number of amides is 8. The number of hydrogen-bond acceptors (Lipinski definition) is 17. The third kappa shape index (κ3) is 25.0. The smallest absolute Gasteiger partial charge is 0.326 e. The van der Waals surface area contributed by atoms with Crippen molar-refractivity contribution in [1.82, 2.24) is 52.5 Å². The second kappa shape index (κ2) is 35.4. The Morgan fingerprint density at radius 3 is 1.35 bits per heavy atom. The third-order valence-corrected chi connectivity index (χ3v) is 13.7. The second-order valence-corrected chi connectivity index (χ2v) is 21.2. The molecule has 3 rings (SSSR count). The fraction of sp³-hybridized carbons (Fsp3) is 0.536. The number of carboxylic acids is 3. The molecule has 8 amide bonds. The minimum atomic E-state index is -1.80. The number of nitrogens with one attached hydrogen (secondary N) is 9. The normalized spacial score (nSPS) is 15.1. The third-order valence-electron chi connectivity index (χ3n) is 13.7. The first-order chi connectivity index (χ1) is 40.1. The lowest BCUT2D eigenvalue weighted by Gasteiger charge is -2.29. The Hall–Kier alpha value is -8.70. The van der Waals surface area contributed by atoms with Crippen LogP contribution in [0.2, 0.25) is 0 Å². The van der Waals surface area contributed by atoms with E-state index in [1.165, 1.54) is 61.1 Å². The Bertz CT molecular complexity index is 2710. The van der Waals surface area contributed by atoms with Crippen LogP contribution >= 0.6 is 0 Å². The van der Waals surface area contributed by atoms with E-state index in [0.717, 1.165) is 6.92 Å². The molecule has 0 aliphatic rings. The van der Waals surface area contributed by atoms with Crippen LogP contribution in [0.15, 0.2) is 61.1 Å². The number of phenols is 2. The van der Waals surface area contributed by atoms with Gasteiger partial charge in [0, 0.05) is 44.0 Å².